The second-order valence-corrected chi connectivity index (χ2v) is 8.83. The van der Waals surface area contributed by atoms with Crippen molar-refractivity contribution in [1.29, 1.82) is 0 Å². The van der Waals surface area contributed by atoms with E-state index >= 15 is 0 Å². The Morgan fingerprint density at radius 3 is 2.36 bits per heavy atom. The fourth-order valence-corrected chi connectivity index (χ4v) is 5.09. The van der Waals surface area contributed by atoms with E-state index in [4.69, 9.17) is 12.2 Å². The summed E-state index contributed by atoms with van der Waals surface area (Å²) in [5, 5.41) is 4.15. The third-order valence-corrected chi connectivity index (χ3v) is 6.61. The summed E-state index contributed by atoms with van der Waals surface area (Å²) < 4.78 is 16.7. The Morgan fingerprint density at radius 1 is 0.939 bits per heavy atom. The van der Waals surface area contributed by atoms with Crippen LogP contribution < -0.4 is 10.2 Å². The second kappa shape index (κ2) is 8.45. The maximum Gasteiger partial charge on any atom is 0.174 e. The molecular formula is C27H25FN4S. The quantitative estimate of drug-likeness (QED) is 0.376. The average molecular weight is 457 g/mol. The number of anilines is 1. The molecule has 0 saturated carbocycles. The van der Waals surface area contributed by atoms with Gasteiger partial charge in [0.15, 0.2) is 5.11 Å². The minimum Gasteiger partial charge on any atom is -0.351 e. The van der Waals surface area contributed by atoms with E-state index in [0.717, 1.165) is 28.3 Å². The number of pyridine rings is 1. The molecule has 0 radical (unpaired) electrons. The second-order valence-electron chi connectivity index (χ2n) is 8.45. The lowest BCUT2D eigenvalue weighted by Gasteiger charge is -2.28. The zero-order valence-electron chi connectivity index (χ0n) is 18.8. The Hall–Kier alpha value is -3.51. The Bertz CT molecular complexity index is 1310. The summed E-state index contributed by atoms with van der Waals surface area (Å²) in [5.41, 5.74) is 6.68. The van der Waals surface area contributed by atoms with Crippen molar-refractivity contribution in [2.24, 2.45) is 0 Å². The Kier molecular flexibility index (Phi) is 5.46. The highest BCUT2D eigenvalue weighted by atomic mass is 32.1. The molecule has 0 aliphatic carbocycles. The maximum absolute atomic E-state index is 14.7. The third-order valence-electron chi connectivity index (χ3n) is 6.29. The summed E-state index contributed by atoms with van der Waals surface area (Å²) in [6.45, 7) is 6.12. The molecule has 0 bridgehead atoms. The smallest absolute Gasteiger partial charge is 0.174 e. The highest BCUT2D eigenvalue weighted by Crippen LogP contribution is 2.43. The van der Waals surface area contributed by atoms with E-state index < -0.39 is 0 Å². The van der Waals surface area contributed by atoms with Crippen LogP contribution in [0.2, 0.25) is 0 Å². The van der Waals surface area contributed by atoms with Crippen LogP contribution in [0.5, 0.6) is 0 Å². The van der Waals surface area contributed by atoms with Crippen LogP contribution in [0.3, 0.4) is 0 Å². The summed E-state index contributed by atoms with van der Waals surface area (Å²) in [4.78, 5) is 6.78. The molecule has 3 heterocycles. The van der Waals surface area contributed by atoms with Crippen molar-refractivity contribution in [1.82, 2.24) is 14.9 Å². The number of nitrogens with one attached hydrogen (secondary N) is 1. The fraction of sp³-hybridized carbons (Fsp3) is 0.185. The number of aryl methyl sites for hydroxylation is 2. The van der Waals surface area contributed by atoms with Crippen LogP contribution in [0.4, 0.5) is 10.1 Å². The Morgan fingerprint density at radius 2 is 1.67 bits per heavy atom. The Labute approximate surface area is 198 Å². The van der Waals surface area contributed by atoms with E-state index in [0.29, 0.717) is 10.8 Å². The predicted molar refractivity (Wildman–Crippen MR) is 134 cm³/mol. The molecule has 1 N–H and O–H groups in total. The largest absolute Gasteiger partial charge is 0.351 e. The van der Waals surface area contributed by atoms with Gasteiger partial charge in [0.2, 0.25) is 0 Å². The number of aromatic nitrogens is 2. The normalized spacial score (nSPS) is 17.9. The minimum absolute atomic E-state index is 0.137. The van der Waals surface area contributed by atoms with Crippen molar-refractivity contribution >= 4 is 23.0 Å². The van der Waals surface area contributed by atoms with E-state index in [1.54, 1.807) is 12.3 Å². The maximum atomic E-state index is 14.7. The standard InChI is InChI=1S/C27H25FN4S/c1-17-11-13-20(14-12-17)32-26(25(30-27(32)33)23-9-6-7-15-29-23)21-16-18(2)31(19(21)3)24-10-5-4-8-22(24)28/h4-16,25-26H,1-3H3,(H,30,33)/t25-,26-/m0/s1. The van der Waals surface area contributed by atoms with Crippen LogP contribution in [-0.2, 0) is 0 Å². The topological polar surface area (TPSA) is 33.1 Å². The monoisotopic (exact) mass is 456 g/mol. The van der Waals surface area contributed by atoms with Crippen LogP contribution in [0.25, 0.3) is 5.69 Å². The van der Waals surface area contributed by atoms with Crippen molar-refractivity contribution in [3.8, 4) is 5.69 Å². The van der Waals surface area contributed by atoms with Gasteiger partial charge in [-0.3, -0.25) is 4.98 Å². The van der Waals surface area contributed by atoms with Crippen LogP contribution in [0.1, 0.15) is 40.3 Å². The van der Waals surface area contributed by atoms with Gasteiger partial charge < -0.3 is 14.8 Å². The van der Waals surface area contributed by atoms with Crippen molar-refractivity contribution in [3.05, 3.63) is 113 Å². The van der Waals surface area contributed by atoms with E-state index in [1.807, 2.05) is 48.7 Å². The highest BCUT2D eigenvalue weighted by molar-refractivity contribution is 7.80. The van der Waals surface area contributed by atoms with Crippen LogP contribution in [0, 0.1) is 26.6 Å². The van der Waals surface area contributed by atoms with Gasteiger partial charge in [0.25, 0.3) is 0 Å². The van der Waals surface area contributed by atoms with Crippen molar-refractivity contribution in [2.45, 2.75) is 32.9 Å². The molecule has 1 aliphatic heterocycles. The molecule has 1 fully saturated rings. The van der Waals surface area contributed by atoms with E-state index in [1.165, 1.54) is 11.6 Å². The highest BCUT2D eigenvalue weighted by Gasteiger charge is 2.42. The van der Waals surface area contributed by atoms with Gasteiger partial charge >= 0.3 is 0 Å². The molecule has 2 aromatic heterocycles. The Balaban J connectivity index is 1.69. The molecule has 2 aromatic carbocycles. The first-order chi connectivity index (χ1) is 16.0. The summed E-state index contributed by atoms with van der Waals surface area (Å²) >= 11 is 5.83. The molecule has 33 heavy (non-hydrogen) atoms. The molecule has 4 aromatic rings. The molecule has 5 rings (SSSR count). The lowest BCUT2D eigenvalue weighted by atomic mass is 9.96. The summed E-state index contributed by atoms with van der Waals surface area (Å²) in [7, 11) is 0. The average Bonchev–Trinajstić information content (AvgIpc) is 3.31. The van der Waals surface area contributed by atoms with E-state index in [-0.39, 0.29) is 17.9 Å². The molecule has 2 atom stereocenters. The zero-order chi connectivity index (χ0) is 23.1. The number of hydrogen-bond acceptors (Lipinski definition) is 2. The lowest BCUT2D eigenvalue weighted by molar-refractivity contribution is 0.564. The molecule has 0 amide bonds. The molecule has 166 valence electrons. The van der Waals surface area contributed by atoms with E-state index in [9.17, 15) is 4.39 Å². The first-order valence-electron chi connectivity index (χ1n) is 11.0. The van der Waals surface area contributed by atoms with Gasteiger partial charge in [-0.25, -0.2) is 4.39 Å². The molecule has 6 heteroatoms. The molecule has 0 spiro atoms. The fourth-order valence-electron chi connectivity index (χ4n) is 4.75. The van der Waals surface area contributed by atoms with Gasteiger partial charge in [0.05, 0.1) is 23.5 Å². The van der Waals surface area contributed by atoms with Gasteiger partial charge in [-0.1, -0.05) is 35.9 Å². The zero-order valence-corrected chi connectivity index (χ0v) is 19.6. The predicted octanol–water partition coefficient (Wildman–Crippen LogP) is 6.11. The molecule has 1 aliphatic rings. The number of hydrogen-bond donors (Lipinski definition) is 1. The molecule has 0 unspecified atom stereocenters. The number of thiocarbonyl (C=S) groups is 1. The van der Waals surface area contributed by atoms with Crippen molar-refractivity contribution in [3.63, 3.8) is 0 Å². The van der Waals surface area contributed by atoms with Crippen molar-refractivity contribution < 1.29 is 4.39 Å². The summed E-state index contributed by atoms with van der Waals surface area (Å²) in [5.74, 6) is -0.248. The number of rotatable bonds is 4. The minimum atomic E-state index is -0.248. The first-order valence-corrected chi connectivity index (χ1v) is 11.4. The molecule has 4 nitrogen and oxygen atoms in total. The number of nitrogens with zero attached hydrogens (tertiary/aromatic N) is 3. The SMILES string of the molecule is Cc1ccc(N2C(=S)N[C@@H](c3ccccn3)[C@@H]2c2cc(C)n(-c3ccccc3F)c2C)cc1. The van der Waals surface area contributed by atoms with Gasteiger partial charge in [-0.05, 0) is 81.0 Å². The van der Waals surface area contributed by atoms with Crippen LogP contribution in [0.15, 0.2) is 79.0 Å². The van der Waals surface area contributed by atoms with Gasteiger partial charge in [0.1, 0.15) is 5.82 Å². The van der Waals surface area contributed by atoms with Crippen LogP contribution in [-0.4, -0.2) is 14.7 Å². The number of halogens is 1. The third kappa shape index (κ3) is 3.70. The van der Waals surface area contributed by atoms with Crippen molar-refractivity contribution in [2.75, 3.05) is 4.90 Å². The van der Waals surface area contributed by atoms with E-state index in [2.05, 4.69) is 52.5 Å². The van der Waals surface area contributed by atoms with Gasteiger partial charge in [-0.15, -0.1) is 0 Å². The molecule has 1 saturated heterocycles. The molecular weight excluding hydrogens is 431 g/mol. The first kappa shape index (κ1) is 21.3. The lowest BCUT2D eigenvalue weighted by Crippen LogP contribution is -2.29. The number of benzene rings is 2. The van der Waals surface area contributed by atoms with Gasteiger partial charge in [-0.2, -0.15) is 0 Å². The van der Waals surface area contributed by atoms with Crippen LogP contribution >= 0.6 is 12.2 Å². The summed E-state index contributed by atoms with van der Waals surface area (Å²) in [6, 6.07) is 23.0. The number of para-hydroxylation sites is 1. The van der Waals surface area contributed by atoms with Gasteiger partial charge in [0, 0.05) is 23.3 Å². The summed E-state index contributed by atoms with van der Waals surface area (Å²) in [6.07, 6.45) is 1.80.